The summed E-state index contributed by atoms with van der Waals surface area (Å²) in [5, 5.41) is 2.16. The third-order valence-electron chi connectivity index (χ3n) is 2.66. The van der Waals surface area contributed by atoms with Gasteiger partial charge in [-0.1, -0.05) is 70.9 Å². The first-order valence-corrected chi connectivity index (χ1v) is 6.79. The molecule has 0 unspecified atom stereocenters. The van der Waals surface area contributed by atoms with E-state index in [2.05, 4.69) is 22.4 Å². The van der Waals surface area contributed by atoms with Crippen LogP contribution < -0.4 is 0 Å². The van der Waals surface area contributed by atoms with E-state index in [-0.39, 0.29) is 0 Å². The molecule has 0 spiro atoms. The molecule has 2 aromatic carbocycles. The zero-order valence-corrected chi connectivity index (χ0v) is 12.4. The molecule has 0 aliphatic rings. The lowest BCUT2D eigenvalue weighted by molar-refractivity contribution is 1.51. The van der Waals surface area contributed by atoms with Crippen LogP contribution in [0.3, 0.4) is 0 Å². The highest BCUT2D eigenvalue weighted by atomic mass is 35.5. The third kappa shape index (κ3) is 2.69. The van der Waals surface area contributed by atoms with Gasteiger partial charge in [-0.15, -0.1) is 0 Å². The first-order chi connectivity index (χ1) is 8.61. The fraction of sp³-hybridized carbons (Fsp3) is 0.0667. The van der Waals surface area contributed by atoms with E-state index in [1.807, 2.05) is 37.3 Å². The smallest absolute Gasteiger partial charge is 0.0670 e. The van der Waals surface area contributed by atoms with Crippen LogP contribution in [-0.4, -0.2) is 10.2 Å². The van der Waals surface area contributed by atoms with Crippen molar-refractivity contribution in [2.75, 3.05) is 0 Å². The minimum absolute atomic E-state index is 0.565. The van der Waals surface area contributed by atoms with Crippen LogP contribution in [0.4, 0.5) is 0 Å². The van der Waals surface area contributed by atoms with Crippen LogP contribution in [0.1, 0.15) is 18.1 Å². The molecule has 3 heteroatoms. The molecule has 0 heterocycles. The summed E-state index contributed by atoms with van der Waals surface area (Å²) in [5.74, 6) is 0. The van der Waals surface area contributed by atoms with Crippen LogP contribution in [0.5, 0.6) is 0 Å². The Morgan fingerprint density at radius 1 is 0.944 bits per heavy atom. The summed E-state index contributed by atoms with van der Waals surface area (Å²) in [6.45, 7) is 2.00. The Hall–Kier alpha value is -1.02. The molecule has 0 N–H and O–H groups in total. The van der Waals surface area contributed by atoms with E-state index in [0.29, 0.717) is 10.0 Å². The second kappa shape index (κ2) is 5.74. The second-order valence-electron chi connectivity index (χ2n) is 3.97. The van der Waals surface area contributed by atoms with Crippen LogP contribution in [-0.2, 0) is 0 Å². The molecule has 89 valence electrons. The summed E-state index contributed by atoms with van der Waals surface area (Å²) in [6.07, 6.45) is 0. The predicted molar refractivity (Wildman–Crippen MR) is 80.4 cm³/mol. The highest BCUT2D eigenvalue weighted by molar-refractivity contribution is 6.43. The Labute approximate surface area is 121 Å². The molecule has 0 fully saturated rings. The fourth-order valence-electron chi connectivity index (χ4n) is 1.88. The molecule has 0 amide bonds. The molecule has 0 aliphatic carbocycles. The average Bonchev–Trinajstić information content (AvgIpc) is 2.36. The maximum Gasteiger partial charge on any atom is 0.0670 e. The third-order valence-corrected chi connectivity index (χ3v) is 3.73. The molecule has 0 bridgehead atoms. The van der Waals surface area contributed by atoms with Crippen molar-refractivity contribution in [2.24, 2.45) is 0 Å². The molecular weight excluding hydrogens is 279 g/mol. The van der Waals surface area contributed by atoms with Crippen molar-refractivity contribution in [1.29, 1.82) is 0 Å². The van der Waals surface area contributed by atoms with Gasteiger partial charge in [-0.25, -0.2) is 0 Å². The monoisotopic (exact) mass is 289 g/mol. The van der Waals surface area contributed by atoms with Gasteiger partial charge in [-0.2, -0.15) is 0 Å². The highest BCUT2D eigenvalue weighted by Crippen LogP contribution is 2.35. The topological polar surface area (TPSA) is 0 Å². The molecule has 0 atom stereocenters. The minimum Gasteiger partial charge on any atom is -0.0831 e. The summed E-state index contributed by atoms with van der Waals surface area (Å²) in [7, 11) is 3.61. The standard InChI is InChI=1S/C15H11Cl2Si/c1-10(18)14(11-6-3-2-4-7-11)12-8-5-9-13(16)15(12)17/h2-9H,1H3. The highest BCUT2D eigenvalue weighted by Gasteiger charge is 2.12. The van der Waals surface area contributed by atoms with E-state index in [9.17, 15) is 0 Å². The summed E-state index contributed by atoms with van der Waals surface area (Å²) < 4.78 is 0. The Kier molecular flexibility index (Phi) is 4.28. The maximum atomic E-state index is 6.29. The van der Waals surface area contributed by atoms with Gasteiger partial charge in [0.25, 0.3) is 0 Å². The quantitative estimate of drug-likeness (QED) is 0.687. The summed E-state index contributed by atoms with van der Waals surface area (Å²) in [6, 6.07) is 15.8. The number of hydrogen-bond donors (Lipinski definition) is 0. The largest absolute Gasteiger partial charge is 0.0831 e. The molecule has 0 aromatic heterocycles. The van der Waals surface area contributed by atoms with Crippen molar-refractivity contribution in [3.63, 3.8) is 0 Å². The van der Waals surface area contributed by atoms with E-state index in [4.69, 9.17) is 23.2 Å². The lowest BCUT2D eigenvalue weighted by Crippen LogP contribution is -1.93. The van der Waals surface area contributed by atoms with Gasteiger partial charge in [0.05, 0.1) is 20.3 Å². The van der Waals surface area contributed by atoms with Gasteiger partial charge in [0.1, 0.15) is 0 Å². The Morgan fingerprint density at radius 3 is 2.22 bits per heavy atom. The van der Waals surface area contributed by atoms with Crippen molar-refractivity contribution in [1.82, 2.24) is 0 Å². The Bertz CT molecular complexity index is 585. The Morgan fingerprint density at radius 2 is 1.61 bits per heavy atom. The van der Waals surface area contributed by atoms with E-state index >= 15 is 0 Å². The molecule has 2 rings (SSSR count). The summed E-state index contributed by atoms with van der Waals surface area (Å²) in [4.78, 5) is 0. The van der Waals surface area contributed by atoms with E-state index in [1.165, 1.54) is 0 Å². The zero-order valence-electron chi connectivity index (χ0n) is 9.87. The van der Waals surface area contributed by atoms with Crippen molar-refractivity contribution in [3.8, 4) is 0 Å². The second-order valence-corrected chi connectivity index (χ2v) is 5.50. The van der Waals surface area contributed by atoms with Gasteiger partial charge in [-0.05, 0) is 24.1 Å². The molecule has 18 heavy (non-hydrogen) atoms. The average molecular weight is 290 g/mol. The van der Waals surface area contributed by atoms with Crippen LogP contribution in [0.15, 0.2) is 53.7 Å². The molecule has 2 aromatic rings. The molecule has 0 saturated carbocycles. The SMILES string of the molecule is CC([Si])=C(c1ccccc1)c1cccc(Cl)c1Cl. The van der Waals surface area contributed by atoms with Crippen LogP contribution in [0, 0.1) is 0 Å². The Balaban J connectivity index is 2.65. The van der Waals surface area contributed by atoms with Crippen LogP contribution in [0.2, 0.25) is 10.0 Å². The molecule has 0 saturated heterocycles. The zero-order chi connectivity index (χ0) is 13.1. The number of benzene rings is 2. The van der Waals surface area contributed by atoms with Gasteiger partial charge >= 0.3 is 0 Å². The molecule has 3 radical (unpaired) electrons. The van der Waals surface area contributed by atoms with Crippen LogP contribution >= 0.6 is 23.2 Å². The summed E-state index contributed by atoms with van der Waals surface area (Å²) >= 11 is 12.4. The lowest BCUT2D eigenvalue weighted by atomic mass is 9.97. The van der Waals surface area contributed by atoms with Gasteiger partial charge in [0, 0.05) is 5.56 Å². The normalized spacial score (nSPS) is 12.2. The van der Waals surface area contributed by atoms with E-state index in [1.54, 1.807) is 6.07 Å². The maximum absolute atomic E-state index is 6.29. The minimum atomic E-state index is 0.565. The van der Waals surface area contributed by atoms with Crippen molar-refractivity contribution < 1.29 is 0 Å². The molecule has 0 aliphatic heterocycles. The van der Waals surface area contributed by atoms with Gasteiger partial charge < -0.3 is 0 Å². The number of allylic oxidation sites excluding steroid dienone is 1. The molecular formula is C15H11Cl2Si. The predicted octanol–water partition coefficient (Wildman–Crippen LogP) is 4.94. The van der Waals surface area contributed by atoms with E-state index in [0.717, 1.165) is 21.9 Å². The summed E-state index contributed by atoms with van der Waals surface area (Å²) in [5.41, 5.74) is 3.09. The van der Waals surface area contributed by atoms with Crippen molar-refractivity contribution in [3.05, 3.63) is 74.9 Å². The number of halogens is 2. The number of rotatable bonds is 2. The number of hydrogen-bond acceptors (Lipinski definition) is 0. The lowest BCUT2D eigenvalue weighted by Gasteiger charge is -2.13. The van der Waals surface area contributed by atoms with Gasteiger partial charge in [-0.3, -0.25) is 0 Å². The van der Waals surface area contributed by atoms with Gasteiger partial charge in [0.15, 0.2) is 0 Å². The van der Waals surface area contributed by atoms with E-state index < -0.39 is 0 Å². The first kappa shape index (κ1) is 13.4. The first-order valence-electron chi connectivity index (χ1n) is 5.53. The van der Waals surface area contributed by atoms with Gasteiger partial charge in [0.2, 0.25) is 0 Å². The van der Waals surface area contributed by atoms with Crippen LogP contribution in [0.25, 0.3) is 5.57 Å². The van der Waals surface area contributed by atoms with Crippen molar-refractivity contribution in [2.45, 2.75) is 6.92 Å². The fourth-order valence-corrected chi connectivity index (χ4v) is 2.55. The van der Waals surface area contributed by atoms with Crippen molar-refractivity contribution >= 4 is 39.0 Å². The molecule has 0 nitrogen and oxygen atoms in total.